The van der Waals surface area contributed by atoms with Crippen LogP contribution in [-0.4, -0.2) is 23.5 Å². The fourth-order valence-electron chi connectivity index (χ4n) is 4.30. The van der Waals surface area contributed by atoms with Gasteiger partial charge in [-0.3, -0.25) is 19.3 Å². The van der Waals surface area contributed by atoms with Crippen molar-refractivity contribution in [3.63, 3.8) is 0 Å². The molecule has 0 aromatic heterocycles. The Morgan fingerprint density at radius 2 is 1.23 bits per heavy atom. The van der Waals surface area contributed by atoms with Crippen LogP contribution in [0.3, 0.4) is 0 Å². The topological polar surface area (TPSA) is 78.5 Å². The normalized spacial score (nSPS) is 11.0. The van der Waals surface area contributed by atoms with E-state index in [2.05, 4.69) is 10.6 Å². The number of para-hydroxylation sites is 2. The molecule has 0 saturated heterocycles. The summed E-state index contributed by atoms with van der Waals surface area (Å²) in [7, 11) is 0. The second-order valence-corrected chi connectivity index (χ2v) is 10.6. The SMILES string of the molecule is O=C(Nc1ccc(SCC(=O)N(c2ccccc2)c2ccccc2)cc1)/C(=C/c1ccc(F)cc1)NC(=O)c1ccccc1. The number of carbonyl (C=O) groups is 3. The third-order valence-electron chi connectivity index (χ3n) is 6.46. The summed E-state index contributed by atoms with van der Waals surface area (Å²) < 4.78 is 13.4. The Morgan fingerprint density at radius 3 is 1.80 bits per heavy atom. The van der Waals surface area contributed by atoms with E-state index in [0.29, 0.717) is 16.8 Å². The van der Waals surface area contributed by atoms with Gasteiger partial charge in [0.05, 0.1) is 5.75 Å². The Hall–Kier alpha value is -5.47. The summed E-state index contributed by atoms with van der Waals surface area (Å²) in [6, 6.07) is 40.2. The van der Waals surface area contributed by atoms with Crippen molar-refractivity contribution in [1.29, 1.82) is 0 Å². The van der Waals surface area contributed by atoms with Gasteiger partial charge in [0.15, 0.2) is 0 Å². The molecule has 44 heavy (non-hydrogen) atoms. The Labute approximate surface area is 259 Å². The molecule has 0 bridgehead atoms. The van der Waals surface area contributed by atoms with Crippen molar-refractivity contribution >= 4 is 52.6 Å². The van der Waals surface area contributed by atoms with E-state index in [1.54, 1.807) is 47.4 Å². The molecule has 0 spiro atoms. The van der Waals surface area contributed by atoms with Crippen molar-refractivity contribution in [1.82, 2.24) is 5.32 Å². The number of anilines is 3. The molecular weight excluding hydrogens is 573 g/mol. The minimum Gasteiger partial charge on any atom is -0.321 e. The Kier molecular flexibility index (Phi) is 9.97. The largest absolute Gasteiger partial charge is 0.321 e. The first-order valence-corrected chi connectivity index (χ1v) is 14.8. The maximum Gasteiger partial charge on any atom is 0.272 e. The maximum absolute atomic E-state index is 13.4. The first-order chi connectivity index (χ1) is 21.5. The quantitative estimate of drug-likeness (QED) is 0.127. The number of thioether (sulfide) groups is 1. The van der Waals surface area contributed by atoms with Crippen LogP contribution >= 0.6 is 11.8 Å². The van der Waals surface area contributed by atoms with Crippen LogP contribution in [-0.2, 0) is 9.59 Å². The van der Waals surface area contributed by atoms with Crippen molar-refractivity contribution in [3.8, 4) is 0 Å². The molecule has 8 heteroatoms. The molecule has 0 heterocycles. The third kappa shape index (κ3) is 8.08. The number of nitrogens with zero attached hydrogens (tertiary/aromatic N) is 1. The zero-order valence-electron chi connectivity index (χ0n) is 23.5. The molecule has 5 aromatic carbocycles. The number of carbonyl (C=O) groups excluding carboxylic acids is 3. The number of benzene rings is 5. The highest BCUT2D eigenvalue weighted by atomic mass is 32.2. The zero-order valence-corrected chi connectivity index (χ0v) is 24.3. The van der Waals surface area contributed by atoms with E-state index in [-0.39, 0.29) is 17.4 Å². The molecule has 0 fully saturated rings. The highest BCUT2D eigenvalue weighted by Gasteiger charge is 2.18. The molecule has 6 nitrogen and oxygen atoms in total. The molecule has 218 valence electrons. The summed E-state index contributed by atoms with van der Waals surface area (Å²) >= 11 is 1.39. The lowest BCUT2D eigenvalue weighted by Gasteiger charge is -2.23. The molecule has 0 saturated carbocycles. The fourth-order valence-corrected chi connectivity index (χ4v) is 5.05. The summed E-state index contributed by atoms with van der Waals surface area (Å²) in [6.45, 7) is 0. The van der Waals surface area contributed by atoms with Crippen molar-refractivity contribution in [2.24, 2.45) is 0 Å². The average molecular weight is 602 g/mol. The Morgan fingerprint density at radius 1 is 0.682 bits per heavy atom. The van der Waals surface area contributed by atoms with Crippen LogP contribution in [0.1, 0.15) is 15.9 Å². The molecular formula is C36H28FN3O3S. The van der Waals surface area contributed by atoms with Gasteiger partial charge >= 0.3 is 0 Å². The minimum absolute atomic E-state index is 0.00331. The van der Waals surface area contributed by atoms with Crippen LogP contribution in [0, 0.1) is 5.82 Å². The van der Waals surface area contributed by atoms with Gasteiger partial charge < -0.3 is 10.6 Å². The van der Waals surface area contributed by atoms with Crippen molar-refractivity contribution in [2.45, 2.75) is 4.90 Å². The number of hydrogen-bond donors (Lipinski definition) is 2. The van der Waals surface area contributed by atoms with E-state index >= 15 is 0 Å². The van der Waals surface area contributed by atoms with Gasteiger partial charge in [0.1, 0.15) is 11.5 Å². The number of rotatable bonds is 10. The number of halogens is 1. The van der Waals surface area contributed by atoms with Gasteiger partial charge in [-0.2, -0.15) is 0 Å². The first-order valence-electron chi connectivity index (χ1n) is 13.8. The van der Waals surface area contributed by atoms with Crippen LogP contribution in [0.2, 0.25) is 0 Å². The fraction of sp³-hybridized carbons (Fsp3) is 0.0278. The zero-order chi connectivity index (χ0) is 30.7. The molecule has 0 aliphatic heterocycles. The molecule has 3 amide bonds. The molecule has 0 aliphatic carbocycles. The van der Waals surface area contributed by atoms with E-state index in [1.165, 1.54) is 42.1 Å². The highest BCUT2D eigenvalue weighted by molar-refractivity contribution is 8.00. The van der Waals surface area contributed by atoms with Crippen molar-refractivity contribution in [2.75, 3.05) is 16.0 Å². The number of hydrogen-bond acceptors (Lipinski definition) is 4. The lowest BCUT2D eigenvalue weighted by Crippen LogP contribution is -2.30. The maximum atomic E-state index is 13.4. The smallest absolute Gasteiger partial charge is 0.272 e. The van der Waals surface area contributed by atoms with Gasteiger partial charge in [0.2, 0.25) is 5.91 Å². The Bertz CT molecular complexity index is 1710. The summed E-state index contributed by atoms with van der Waals surface area (Å²) in [5.74, 6) is -1.28. The molecule has 0 radical (unpaired) electrons. The predicted octanol–water partition coefficient (Wildman–Crippen LogP) is 7.69. The van der Waals surface area contributed by atoms with E-state index in [1.807, 2.05) is 72.8 Å². The summed E-state index contributed by atoms with van der Waals surface area (Å²) in [6.07, 6.45) is 1.48. The monoisotopic (exact) mass is 601 g/mol. The second kappa shape index (κ2) is 14.6. The molecule has 0 aliphatic rings. The van der Waals surface area contributed by atoms with Gasteiger partial charge in [0, 0.05) is 27.5 Å². The van der Waals surface area contributed by atoms with Crippen LogP contribution in [0.25, 0.3) is 6.08 Å². The van der Waals surface area contributed by atoms with Gasteiger partial charge in [-0.15, -0.1) is 11.8 Å². The van der Waals surface area contributed by atoms with Gasteiger partial charge in [-0.05, 0) is 84.4 Å². The minimum atomic E-state index is -0.546. The van der Waals surface area contributed by atoms with Gasteiger partial charge in [-0.25, -0.2) is 4.39 Å². The standard InChI is InChI=1S/C36H28FN3O3S/c37-28-18-16-26(17-19-28)24-33(39-35(42)27-10-4-1-5-11-27)36(43)38-29-20-22-32(23-21-29)44-25-34(41)40(30-12-6-2-7-13-30)31-14-8-3-9-15-31/h1-24H,25H2,(H,38,43)(H,39,42)/b33-24-. The highest BCUT2D eigenvalue weighted by Crippen LogP contribution is 2.28. The van der Waals surface area contributed by atoms with E-state index in [0.717, 1.165) is 16.3 Å². The van der Waals surface area contributed by atoms with Crippen LogP contribution < -0.4 is 15.5 Å². The van der Waals surface area contributed by atoms with Gasteiger partial charge in [-0.1, -0.05) is 66.7 Å². The van der Waals surface area contributed by atoms with Crippen LogP contribution in [0.4, 0.5) is 21.5 Å². The number of amides is 3. The van der Waals surface area contributed by atoms with E-state index in [4.69, 9.17) is 0 Å². The summed E-state index contributed by atoms with van der Waals surface area (Å²) in [5, 5.41) is 5.47. The van der Waals surface area contributed by atoms with Crippen molar-refractivity contribution < 1.29 is 18.8 Å². The summed E-state index contributed by atoms with van der Waals surface area (Å²) in [4.78, 5) is 42.0. The summed E-state index contributed by atoms with van der Waals surface area (Å²) in [5.41, 5.74) is 2.99. The Balaban J connectivity index is 1.26. The molecule has 0 atom stereocenters. The van der Waals surface area contributed by atoms with E-state index in [9.17, 15) is 18.8 Å². The van der Waals surface area contributed by atoms with E-state index < -0.39 is 17.6 Å². The van der Waals surface area contributed by atoms with Crippen LogP contribution in [0.5, 0.6) is 0 Å². The molecule has 5 rings (SSSR count). The third-order valence-corrected chi connectivity index (χ3v) is 7.46. The predicted molar refractivity (Wildman–Crippen MR) is 174 cm³/mol. The lowest BCUT2D eigenvalue weighted by atomic mass is 10.1. The molecule has 2 N–H and O–H groups in total. The first kappa shape index (κ1) is 30.0. The molecule has 5 aromatic rings. The van der Waals surface area contributed by atoms with Gasteiger partial charge in [0.25, 0.3) is 11.8 Å². The average Bonchev–Trinajstić information content (AvgIpc) is 3.06. The van der Waals surface area contributed by atoms with Crippen LogP contribution in [0.15, 0.2) is 150 Å². The van der Waals surface area contributed by atoms with Crippen molar-refractivity contribution in [3.05, 3.63) is 162 Å². The molecule has 0 unspecified atom stereocenters. The lowest BCUT2D eigenvalue weighted by molar-refractivity contribution is -0.115. The number of nitrogens with one attached hydrogen (secondary N) is 2. The second-order valence-electron chi connectivity index (χ2n) is 9.60.